The Labute approximate surface area is 104 Å². The number of aromatic amines is 1. The highest BCUT2D eigenvalue weighted by atomic mass is 79.9. The minimum Gasteiger partial charge on any atom is -0.415 e. The number of halogens is 1. The standard InChI is InChI=1S/C10H6BrN5O/c11-7-5-13-14-8(7)10-16-15-9(17-10)6-1-3-12-4-2-6/h1-5H,(H,13,14). The minimum atomic E-state index is 0.390. The summed E-state index contributed by atoms with van der Waals surface area (Å²) in [6.45, 7) is 0. The second-order valence-electron chi connectivity index (χ2n) is 3.24. The number of H-pyrrole nitrogens is 1. The molecule has 0 unspecified atom stereocenters. The Bertz CT molecular complexity index is 633. The highest BCUT2D eigenvalue weighted by Gasteiger charge is 2.14. The van der Waals surface area contributed by atoms with Gasteiger partial charge in [-0.3, -0.25) is 10.1 Å². The normalized spacial score (nSPS) is 10.6. The molecule has 3 aromatic heterocycles. The quantitative estimate of drug-likeness (QED) is 0.783. The Hall–Kier alpha value is -2.02. The van der Waals surface area contributed by atoms with Crippen molar-refractivity contribution >= 4 is 15.9 Å². The molecule has 0 aliphatic rings. The van der Waals surface area contributed by atoms with Gasteiger partial charge in [0.05, 0.1) is 10.7 Å². The number of nitrogens with one attached hydrogen (secondary N) is 1. The molecule has 3 heterocycles. The summed E-state index contributed by atoms with van der Waals surface area (Å²) in [7, 11) is 0. The summed E-state index contributed by atoms with van der Waals surface area (Å²) in [5.41, 5.74) is 1.49. The Morgan fingerprint density at radius 3 is 2.59 bits per heavy atom. The van der Waals surface area contributed by atoms with Gasteiger partial charge in [-0.25, -0.2) is 0 Å². The summed E-state index contributed by atoms with van der Waals surface area (Å²) in [5.74, 6) is 0.838. The summed E-state index contributed by atoms with van der Waals surface area (Å²) in [5, 5.41) is 14.6. The van der Waals surface area contributed by atoms with Crippen LogP contribution in [0.4, 0.5) is 0 Å². The summed E-state index contributed by atoms with van der Waals surface area (Å²) in [4.78, 5) is 3.93. The first-order chi connectivity index (χ1) is 8.34. The molecule has 6 nitrogen and oxygen atoms in total. The maximum atomic E-state index is 5.54. The lowest BCUT2D eigenvalue weighted by molar-refractivity contribution is 0.581. The molecule has 0 aromatic carbocycles. The first-order valence-electron chi connectivity index (χ1n) is 4.78. The molecule has 0 aliphatic heterocycles. The number of hydrogen-bond acceptors (Lipinski definition) is 5. The van der Waals surface area contributed by atoms with E-state index in [-0.39, 0.29) is 0 Å². The van der Waals surface area contributed by atoms with Gasteiger partial charge in [0.15, 0.2) is 0 Å². The molecule has 0 fully saturated rings. The third kappa shape index (κ3) is 1.84. The first-order valence-corrected chi connectivity index (χ1v) is 5.57. The van der Waals surface area contributed by atoms with Crippen LogP contribution in [0.1, 0.15) is 0 Å². The van der Waals surface area contributed by atoms with Gasteiger partial charge in [0.2, 0.25) is 5.89 Å². The zero-order chi connectivity index (χ0) is 11.7. The molecule has 0 saturated heterocycles. The predicted molar refractivity (Wildman–Crippen MR) is 62.8 cm³/mol. The van der Waals surface area contributed by atoms with E-state index in [1.54, 1.807) is 30.7 Å². The summed E-state index contributed by atoms with van der Waals surface area (Å²) in [6.07, 6.45) is 4.97. The van der Waals surface area contributed by atoms with Crippen molar-refractivity contribution < 1.29 is 4.42 Å². The van der Waals surface area contributed by atoms with E-state index in [2.05, 4.69) is 41.3 Å². The fraction of sp³-hybridized carbons (Fsp3) is 0. The van der Waals surface area contributed by atoms with E-state index >= 15 is 0 Å². The van der Waals surface area contributed by atoms with Crippen molar-refractivity contribution in [2.75, 3.05) is 0 Å². The fourth-order valence-corrected chi connectivity index (χ4v) is 1.72. The van der Waals surface area contributed by atoms with E-state index in [0.29, 0.717) is 17.5 Å². The number of nitrogens with zero attached hydrogens (tertiary/aromatic N) is 4. The van der Waals surface area contributed by atoms with E-state index in [1.807, 2.05) is 0 Å². The molecule has 0 bridgehead atoms. The van der Waals surface area contributed by atoms with E-state index in [1.165, 1.54) is 0 Å². The van der Waals surface area contributed by atoms with Gasteiger partial charge in [-0.15, -0.1) is 10.2 Å². The van der Waals surface area contributed by atoms with Crippen molar-refractivity contribution in [3.63, 3.8) is 0 Å². The average Bonchev–Trinajstić information content (AvgIpc) is 2.98. The Morgan fingerprint density at radius 1 is 1.12 bits per heavy atom. The van der Waals surface area contributed by atoms with Crippen LogP contribution in [0, 0.1) is 0 Å². The second kappa shape index (κ2) is 4.10. The zero-order valence-electron chi connectivity index (χ0n) is 8.46. The molecule has 84 valence electrons. The smallest absolute Gasteiger partial charge is 0.267 e. The van der Waals surface area contributed by atoms with Gasteiger partial charge in [-0.05, 0) is 28.1 Å². The maximum absolute atomic E-state index is 5.54. The predicted octanol–water partition coefficient (Wildman–Crippen LogP) is 2.28. The van der Waals surface area contributed by atoms with Crippen LogP contribution >= 0.6 is 15.9 Å². The van der Waals surface area contributed by atoms with Crippen molar-refractivity contribution in [2.24, 2.45) is 0 Å². The van der Waals surface area contributed by atoms with Crippen LogP contribution in [0.25, 0.3) is 23.0 Å². The largest absolute Gasteiger partial charge is 0.415 e. The maximum Gasteiger partial charge on any atom is 0.267 e. The van der Waals surface area contributed by atoms with E-state index < -0.39 is 0 Å². The van der Waals surface area contributed by atoms with Crippen molar-refractivity contribution in [1.29, 1.82) is 0 Å². The van der Waals surface area contributed by atoms with Crippen molar-refractivity contribution in [2.45, 2.75) is 0 Å². The second-order valence-corrected chi connectivity index (χ2v) is 4.10. The molecule has 0 amide bonds. The molecule has 0 atom stereocenters. The van der Waals surface area contributed by atoms with Crippen LogP contribution < -0.4 is 0 Å². The topological polar surface area (TPSA) is 80.5 Å². The summed E-state index contributed by atoms with van der Waals surface area (Å²) in [6, 6.07) is 3.61. The van der Waals surface area contributed by atoms with Crippen molar-refractivity contribution in [3.8, 4) is 23.0 Å². The molecule has 0 saturated carbocycles. The molecule has 0 radical (unpaired) electrons. The Morgan fingerprint density at radius 2 is 1.88 bits per heavy atom. The van der Waals surface area contributed by atoms with Crippen molar-refractivity contribution in [1.82, 2.24) is 25.4 Å². The molecular weight excluding hydrogens is 286 g/mol. The van der Waals surface area contributed by atoms with Crippen LogP contribution in [-0.2, 0) is 0 Å². The van der Waals surface area contributed by atoms with Gasteiger partial charge in [0, 0.05) is 18.0 Å². The van der Waals surface area contributed by atoms with Crippen LogP contribution in [0.5, 0.6) is 0 Å². The highest BCUT2D eigenvalue weighted by Crippen LogP contribution is 2.26. The van der Waals surface area contributed by atoms with E-state index in [4.69, 9.17) is 4.42 Å². The lowest BCUT2D eigenvalue weighted by atomic mass is 10.3. The molecular formula is C10H6BrN5O. The van der Waals surface area contributed by atoms with E-state index in [0.717, 1.165) is 10.0 Å². The number of aromatic nitrogens is 5. The molecule has 0 aliphatic carbocycles. The van der Waals surface area contributed by atoms with Gasteiger partial charge in [0.25, 0.3) is 5.89 Å². The highest BCUT2D eigenvalue weighted by molar-refractivity contribution is 9.10. The minimum absolute atomic E-state index is 0.390. The number of hydrogen-bond donors (Lipinski definition) is 1. The lowest BCUT2D eigenvalue weighted by Gasteiger charge is -1.92. The van der Waals surface area contributed by atoms with Gasteiger partial charge in [-0.1, -0.05) is 0 Å². The van der Waals surface area contributed by atoms with Gasteiger partial charge >= 0.3 is 0 Å². The zero-order valence-corrected chi connectivity index (χ0v) is 10.0. The number of rotatable bonds is 2. The Balaban J connectivity index is 2.02. The van der Waals surface area contributed by atoms with Gasteiger partial charge in [-0.2, -0.15) is 5.10 Å². The molecule has 1 N–H and O–H groups in total. The van der Waals surface area contributed by atoms with Gasteiger partial charge < -0.3 is 4.42 Å². The van der Waals surface area contributed by atoms with Crippen molar-refractivity contribution in [3.05, 3.63) is 35.2 Å². The van der Waals surface area contributed by atoms with Gasteiger partial charge in [0.1, 0.15) is 5.69 Å². The molecule has 7 heteroatoms. The average molecular weight is 292 g/mol. The van der Waals surface area contributed by atoms with E-state index in [9.17, 15) is 0 Å². The molecule has 0 spiro atoms. The third-order valence-corrected chi connectivity index (χ3v) is 2.76. The summed E-state index contributed by atoms with van der Waals surface area (Å²) < 4.78 is 6.32. The monoisotopic (exact) mass is 291 g/mol. The third-order valence-electron chi connectivity index (χ3n) is 2.16. The first kappa shape index (κ1) is 10.2. The van der Waals surface area contributed by atoms with Crippen LogP contribution in [0.3, 0.4) is 0 Å². The molecule has 3 aromatic rings. The fourth-order valence-electron chi connectivity index (χ4n) is 1.36. The molecule has 3 rings (SSSR count). The summed E-state index contributed by atoms with van der Waals surface area (Å²) >= 11 is 3.34. The SMILES string of the molecule is Brc1cn[nH]c1-c1nnc(-c2ccncc2)o1. The van der Waals surface area contributed by atoms with Crippen LogP contribution in [-0.4, -0.2) is 25.4 Å². The lowest BCUT2D eigenvalue weighted by Crippen LogP contribution is -1.78. The Kier molecular flexibility index (Phi) is 2.45. The van der Waals surface area contributed by atoms with Crippen LogP contribution in [0.15, 0.2) is 39.6 Å². The van der Waals surface area contributed by atoms with Crippen LogP contribution in [0.2, 0.25) is 0 Å². The molecule has 17 heavy (non-hydrogen) atoms. The number of pyridine rings is 1.